The predicted octanol–water partition coefficient (Wildman–Crippen LogP) is 3.93. The lowest BCUT2D eigenvalue weighted by molar-refractivity contribution is 0.297. The zero-order valence-corrected chi connectivity index (χ0v) is 18.8. The van der Waals surface area contributed by atoms with Gasteiger partial charge in [-0.15, -0.1) is 0 Å². The van der Waals surface area contributed by atoms with E-state index in [1.807, 2.05) is 30.3 Å². The highest BCUT2D eigenvalue weighted by Gasteiger charge is 2.21. The Morgan fingerprint density at radius 2 is 2.00 bits per heavy atom. The summed E-state index contributed by atoms with van der Waals surface area (Å²) in [4.78, 5) is 7.32. The van der Waals surface area contributed by atoms with E-state index < -0.39 is 0 Å². The Balaban J connectivity index is 1.42. The average Bonchev–Trinajstić information content (AvgIpc) is 3.15. The fourth-order valence-electron chi connectivity index (χ4n) is 4.10. The summed E-state index contributed by atoms with van der Waals surface area (Å²) in [5, 5.41) is 6.77. The van der Waals surface area contributed by atoms with Gasteiger partial charge in [0, 0.05) is 37.8 Å². The molecule has 2 aliphatic rings. The third kappa shape index (κ3) is 6.13. The SMILES string of the molecule is CCN1CCC(CN=C(NCCc2ccccc2F)Nc2ccc3c(c2)OCCCO3)C1. The van der Waals surface area contributed by atoms with Crippen molar-refractivity contribution in [1.29, 1.82) is 0 Å². The van der Waals surface area contributed by atoms with Crippen LogP contribution in [0, 0.1) is 11.7 Å². The van der Waals surface area contributed by atoms with Gasteiger partial charge < -0.3 is 25.0 Å². The van der Waals surface area contributed by atoms with Crippen molar-refractivity contribution in [1.82, 2.24) is 10.2 Å². The van der Waals surface area contributed by atoms with E-state index >= 15 is 0 Å². The van der Waals surface area contributed by atoms with Crippen LogP contribution in [-0.4, -0.2) is 56.8 Å². The number of nitrogens with one attached hydrogen (secondary N) is 2. The van der Waals surface area contributed by atoms with Crippen LogP contribution >= 0.6 is 0 Å². The maximum atomic E-state index is 14.0. The molecule has 2 aliphatic heterocycles. The maximum Gasteiger partial charge on any atom is 0.195 e. The van der Waals surface area contributed by atoms with Crippen LogP contribution in [0.25, 0.3) is 0 Å². The Hall–Kier alpha value is -2.80. The molecule has 0 radical (unpaired) electrons. The molecular weight excluding hydrogens is 407 g/mol. The summed E-state index contributed by atoms with van der Waals surface area (Å²) in [6.07, 6.45) is 2.63. The number of hydrogen-bond donors (Lipinski definition) is 2. The molecular formula is C25H33FN4O2. The van der Waals surface area contributed by atoms with Crippen molar-refractivity contribution in [3.05, 3.63) is 53.8 Å². The van der Waals surface area contributed by atoms with E-state index in [9.17, 15) is 4.39 Å². The number of fused-ring (bicyclic) bond motifs is 1. The molecule has 1 unspecified atom stereocenters. The molecule has 6 nitrogen and oxygen atoms in total. The Morgan fingerprint density at radius 1 is 1.16 bits per heavy atom. The molecule has 0 bridgehead atoms. The summed E-state index contributed by atoms with van der Waals surface area (Å²) in [5.41, 5.74) is 1.58. The number of guanidine groups is 1. The van der Waals surface area contributed by atoms with Crippen molar-refractivity contribution >= 4 is 11.6 Å². The summed E-state index contributed by atoms with van der Waals surface area (Å²) in [7, 11) is 0. The van der Waals surface area contributed by atoms with E-state index in [1.54, 1.807) is 6.07 Å². The van der Waals surface area contributed by atoms with Gasteiger partial charge in [0.1, 0.15) is 5.82 Å². The fourth-order valence-corrected chi connectivity index (χ4v) is 4.10. The standard InChI is InChI=1S/C25H33FN4O2/c1-2-30-13-11-19(18-30)17-28-25(27-12-10-20-6-3-4-7-22(20)26)29-21-8-9-23-24(16-21)32-15-5-14-31-23/h3-4,6-9,16,19H,2,5,10-15,17-18H2,1H3,(H2,27,28,29). The van der Waals surface area contributed by atoms with Gasteiger partial charge in [0.15, 0.2) is 17.5 Å². The molecule has 1 fully saturated rings. The molecule has 172 valence electrons. The third-order valence-corrected chi connectivity index (χ3v) is 5.98. The third-order valence-electron chi connectivity index (χ3n) is 5.98. The van der Waals surface area contributed by atoms with Crippen LogP contribution in [0.2, 0.25) is 0 Å². The monoisotopic (exact) mass is 440 g/mol. The van der Waals surface area contributed by atoms with Gasteiger partial charge in [-0.05, 0) is 55.6 Å². The quantitative estimate of drug-likeness (QED) is 0.505. The van der Waals surface area contributed by atoms with E-state index in [2.05, 4.69) is 22.5 Å². The Labute approximate surface area is 189 Å². The van der Waals surface area contributed by atoms with Crippen LogP contribution in [0.4, 0.5) is 10.1 Å². The van der Waals surface area contributed by atoms with Gasteiger partial charge in [0.05, 0.1) is 13.2 Å². The number of aliphatic imine (C=N–C) groups is 1. The van der Waals surface area contributed by atoms with Gasteiger partial charge >= 0.3 is 0 Å². The van der Waals surface area contributed by atoms with Crippen molar-refractivity contribution in [2.45, 2.75) is 26.2 Å². The van der Waals surface area contributed by atoms with Crippen LogP contribution in [0.1, 0.15) is 25.3 Å². The first-order valence-corrected chi connectivity index (χ1v) is 11.6. The largest absolute Gasteiger partial charge is 0.490 e. The van der Waals surface area contributed by atoms with E-state index in [-0.39, 0.29) is 5.82 Å². The first-order chi connectivity index (χ1) is 15.7. The van der Waals surface area contributed by atoms with Crippen molar-refractivity contribution in [3.63, 3.8) is 0 Å². The number of benzene rings is 2. The molecule has 0 spiro atoms. The number of ether oxygens (including phenoxy) is 2. The first-order valence-electron chi connectivity index (χ1n) is 11.6. The zero-order valence-electron chi connectivity index (χ0n) is 18.8. The van der Waals surface area contributed by atoms with Gasteiger partial charge in [0.2, 0.25) is 0 Å². The van der Waals surface area contributed by atoms with Gasteiger partial charge in [-0.25, -0.2) is 4.39 Å². The molecule has 0 aromatic heterocycles. The maximum absolute atomic E-state index is 14.0. The summed E-state index contributed by atoms with van der Waals surface area (Å²) < 4.78 is 25.5. The highest BCUT2D eigenvalue weighted by Crippen LogP contribution is 2.32. The summed E-state index contributed by atoms with van der Waals surface area (Å²) in [6.45, 7) is 8.18. The molecule has 0 amide bonds. The van der Waals surface area contributed by atoms with Gasteiger partial charge in [-0.2, -0.15) is 0 Å². The molecule has 1 saturated heterocycles. The minimum Gasteiger partial charge on any atom is -0.490 e. The van der Waals surface area contributed by atoms with Crippen LogP contribution in [0.5, 0.6) is 11.5 Å². The second-order valence-corrected chi connectivity index (χ2v) is 8.34. The number of halogens is 1. The molecule has 2 aromatic carbocycles. The molecule has 1 atom stereocenters. The van der Waals surface area contributed by atoms with Gasteiger partial charge in [0.25, 0.3) is 0 Å². The minimum atomic E-state index is -0.172. The molecule has 4 rings (SSSR count). The molecule has 0 saturated carbocycles. The summed E-state index contributed by atoms with van der Waals surface area (Å²) in [5.74, 6) is 2.60. The number of anilines is 1. The van der Waals surface area contributed by atoms with E-state index in [0.717, 1.165) is 49.8 Å². The molecule has 32 heavy (non-hydrogen) atoms. The van der Waals surface area contributed by atoms with Crippen molar-refractivity contribution in [2.24, 2.45) is 10.9 Å². The van der Waals surface area contributed by atoms with Gasteiger partial charge in [-0.1, -0.05) is 25.1 Å². The predicted molar refractivity (Wildman–Crippen MR) is 126 cm³/mol. The summed E-state index contributed by atoms with van der Waals surface area (Å²) in [6, 6.07) is 12.7. The van der Waals surface area contributed by atoms with E-state index in [0.29, 0.717) is 43.6 Å². The molecule has 0 aliphatic carbocycles. The first kappa shape index (κ1) is 22.4. The normalized spacial score (nSPS) is 18.9. The lowest BCUT2D eigenvalue weighted by atomic mass is 10.1. The van der Waals surface area contributed by atoms with Gasteiger partial charge in [-0.3, -0.25) is 4.99 Å². The molecule has 2 heterocycles. The van der Waals surface area contributed by atoms with E-state index in [4.69, 9.17) is 14.5 Å². The minimum absolute atomic E-state index is 0.172. The second kappa shape index (κ2) is 11.2. The average molecular weight is 441 g/mol. The van der Waals surface area contributed by atoms with Crippen LogP contribution in [0.15, 0.2) is 47.5 Å². The lowest BCUT2D eigenvalue weighted by Gasteiger charge is -2.16. The lowest BCUT2D eigenvalue weighted by Crippen LogP contribution is -2.33. The summed E-state index contributed by atoms with van der Waals surface area (Å²) >= 11 is 0. The van der Waals surface area contributed by atoms with Crippen molar-refractivity contribution in [3.8, 4) is 11.5 Å². The Bertz CT molecular complexity index is 921. The Kier molecular flexibility index (Phi) is 7.82. The smallest absolute Gasteiger partial charge is 0.195 e. The second-order valence-electron chi connectivity index (χ2n) is 8.34. The van der Waals surface area contributed by atoms with Crippen LogP contribution < -0.4 is 20.1 Å². The number of hydrogen-bond acceptors (Lipinski definition) is 4. The van der Waals surface area contributed by atoms with Crippen molar-refractivity contribution in [2.75, 3.05) is 51.3 Å². The topological polar surface area (TPSA) is 58.1 Å². The van der Waals surface area contributed by atoms with Crippen molar-refractivity contribution < 1.29 is 13.9 Å². The zero-order chi connectivity index (χ0) is 22.2. The van der Waals surface area contributed by atoms with Crippen LogP contribution in [-0.2, 0) is 6.42 Å². The number of likely N-dealkylation sites (tertiary alicyclic amines) is 1. The van der Waals surface area contributed by atoms with Crippen LogP contribution in [0.3, 0.4) is 0 Å². The molecule has 7 heteroatoms. The highest BCUT2D eigenvalue weighted by atomic mass is 19.1. The van der Waals surface area contributed by atoms with E-state index in [1.165, 1.54) is 12.5 Å². The fraction of sp³-hybridized carbons (Fsp3) is 0.480. The Morgan fingerprint density at radius 3 is 2.81 bits per heavy atom. The molecule has 2 aromatic rings. The number of rotatable bonds is 7. The molecule has 2 N–H and O–H groups in total. The highest BCUT2D eigenvalue weighted by molar-refractivity contribution is 5.94. The number of nitrogens with zero attached hydrogens (tertiary/aromatic N) is 2.